The summed E-state index contributed by atoms with van der Waals surface area (Å²) in [7, 11) is 0. The van der Waals surface area contributed by atoms with Crippen LogP contribution in [0.5, 0.6) is 0 Å². The highest BCUT2D eigenvalue weighted by molar-refractivity contribution is 8.06. The van der Waals surface area contributed by atoms with Gasteiger partial charge in [-0.25, -0.2) is 4.79 Å². The highest BCUT2D eigenvalue weighted by Crippen LogP contribution is 2.45. The molecule has 1 fully saturated rings. The summed E-state index contributed by atoms with van der Waals surface area (Å²) in [5, 5.41) is 3.51. The van der Waals surface area contributed by atoms with Crippen molar-refractivity contribution in [2.75, 3.05) is 6.61 Å². The second-order valence-electron chi connectivity index (χ2n) is 4.86. The van der Waals surface area contributed by atoms with Crippen LogP contribution in [0.15, 0.2) is 20.9 Å². The number of azide groups is 1. The van der Waals surface area contributed by atoms with Crippen molar-refractivity contribution >= 4 is 18.6 Å². The smallest absolute Gasteiger partial charge is 0.352 e. The average Bonchev–Trinajstić information content (AvgIpc) is 2.83. The fourth-order valence-electron chi connectivity index (χ4n) is 2.19. The molecule has 13 heteroatoms. The summed E-state index contributed by atoms with van der Waals surface area (Å²) in [6.45, 7) is -3.29. The van der Waals surface area contributed by atoms with Crippen molar-refractivity contribution in [3.63, 3.8) is 0 Å². The van der Waals surface area contributed by atoms with Crippen LogP contribution in [0, 0.1) is 6.92 Å². The molecule has 0 radical (unpaired) electrons. The van der Waals surface area contributed by atoms with E-state index < -0.39 is 43.0 Å². The Morgan fingerprint density at radius 1 is 1.74 bits per heavy atom. The molecule has 2 rings (SSSR count). The van der Waals surface area contributed by atoms with Gasteiger partial charge >= 0.3 is 12.5 Å². The monoisotopic (exact) mass is 365 g/mol. The summed E-state index contributed by atoms with van der Waals surface area (Å²) in [5.41, 5.74) is 7.66. The second kappa shape index (κ2) is 6.91. The van der Waals surface area contributed by atoms with Gasteiger partial charge in [-0.15, -0.1) is 0 Å². The largest absolute Gasteiger partial charge is 0.363 e. The van der Waals surface area contributed by atoms with Gasteiger partial charge in [0, 0.05) is 23.1 Å². The second-order valence-corrected chi connectivity index (χ2v) is 7.38. The zero-order valence-corrected chi connectivity index (χ0v) is 13.5. The summed E-state index contributed by atoms with van der Waals surface area (Å²) >= 11 is 4.12. The van der Waals surface area contributed by atoms with Gasteiger partial charge < -0.3 is 14.2 Å². The van der Waals surface area contributed by atoms with Crippen LogP contribution in [0.25, 0.3) is 10.4 Å². The predicted octanol–water partition coefficient (Wildman–Crippen LogP) is 1.01. The minimum absolute atomic E-state index is 0.115. The molecule has 2 heterocycles. The lowest BCUT2D eigenvalue weighted by molar-refractivity contribution is -0.0234. The van der Waals surface area contributed by atoms with Gasteiger partial charge in [0.25, 0.3) is 5.56 Å². The van der Waals surface area contributed by atoms with E-state index in [1.807, 2.05) is 0 Å². The zero-order chi connectivity index (χ0) is 17.2. The molecule has 126 valence electrons. The molecule has 23 heavy (non-hydrogen) atoms. The zero-order valence-electron chi connectivity index (χ0n) is 11.8. The van der Waals surface area contributed by atoms with Crippen LogP contribution in [0.1, 0.15) is 18.2 Å². The Balaban J connectivity index is 2.24. The van der Waals surface area contributed by atoms with E-state index in [0.717, 1.165) is 4.57 Å². The summed E-state index contributed by atoms with van der Waals surface area (Å²) in [5.74, 6) is 0. The topological polar surface area (TPSA) is 142 Å². The number of ether oxygens (including phenoxy) is 1. The van der Waals surface area contributed by atoms with Gasteiger partial charge in [-0.05, 0) is 24.3 Å². The predicted molar refractivity (Wildman–Crippen MR) is 81.1 cm³/mol. The van der Waals surface area contributed by atoms with Gasteiger partial charge in [0.15, 0.2) is 0 Å². The van der Waals surface area contributed by atoms with Gasteiger partial charge in [0.05, 0.1) is 18.8 Å². The Bertz CT molecular complexity index is 800. The first kappa shape index (κ1) is 17.8. The standard InChI is InChI=1S/C10H13FN5O5PS/c1-5-3-16(10(18)13-9(5)17)8-2-6(14-15-12)7(21-8)4-20-22(11,19)23/h3,6-8H,2,4H2,1H3,(H,19,23)(H,13,17,18)/t6-,7+,8+,22?/m0/s1. The summed E-state index contributed by atoms with van der Waals surface area (Å²) < 4.78 is 24.1. The molecule has 1 aliphatic heterocycles. The molecule has 0 spiro atoms. The number of hydrogen-bond acceptors (Lipinski definition) is 6. The van der Waals surface area contributed by atoms with Crippen LogP contribution in [-0.4, -0.2) is 33.2 Å². The minimum Gasteiger partial charge on any atom is -0.352 e. The lowest BCUT2D eigenvalue weighted by atomic mass is 10.1. The summed E-state index contributed by atoms with van der Waals surface area (Å²) in [4.78, 5) is 36.9. The van der Waals surface area contributed by atoms with E-state index in [9.17, 15) is 13.8 Å². The number of hydrogen-bond donors (Lipinski definition) is 2. The number of aromatic amines is 1. The van der Waals surface area contributed by atoms with Crippen LogP contribution < -0.4 is 11.2 Å². The minimum atomic E-state index is -4.38. The highest BCUT2D eigenvalue weighted by atomic mass is 32.5. The van der Waals surface area contributed by atoms with Crippen LogP contribution >= 0.6 is 6.80 Å². The third kappa shape index (κ3) is 4.47. The Morgan fingerprint density at radius 2 is 2.43 bits per heavy atom. The van der Waals surface area contributed by atoms with Crippen molar-refractivity contribution in [1.29, 1.82) is 0 Å². The molecule has 0 bridgehead atoms. The van der Waals surface area contributed by atoms with E-state index in [0.29, 0.717) is 5.56 Å². The fourth-order valence-corrected chi connectivity index (χ4v) is 2.70. The molecule has 0 aliphatic carbocycles. The highest BCUT2D eigenvalue weighted by Gasteiger charge is 2.37. The maximum absolute atomic E-state index is 12.9. The first-order valence-electron chi connectivity index (χ1n) is 6.40. The van der Waals surface area contributed by atoms with E-state index in [1.165, 1.54) is 13.1 Å². The van der Waals surface area contributed by atoms with Gasteiger partial charge in [-0.2, -0.15) is 4.20 Å². The van der Waals surface area contributed by atoms with Crippen LogP contribution in [-0.2, 0) is 21.1 Å². The first-order chi connectivity index (χ1) is 10.7. The summed E-state index contributed by atoms with van der Waals surface area (Å²) in [6.07, 6.45) is -0.295. The van der Waals surface area contributed by atoms with Crippen molar-refractivity contribution < 1.29 is 18.4 Å². The van der Waals surface area contributed by atoms with E-state index in [1.54, 1.807) is 0 Å². The van der Waals surface area contributed by atoms with Crippen LogP contribution in [0.2, 0.25) is 0 Å². The van der Waals surface area contributed by atoms with Gasteiger partial charge in [-0.3, -0.25) is 14.3 Å². The molecule has 1 aromatic rings. The van der Waals surface area contributed by atoms with E-state index in [-0.39, 0.29) is 6.42 Å². The molecule has 0 saturated carbocycles. The third-order valence-corrected chi connectivity index (χ3v) is 4.04. The molecular weight excluding hydrogens is 352 g/mol. The van der Waals surface area contributed by atoms with Gasteiger partial charge in [0.1, 0.15) is 6.23 Å². The number of nitrogens with one attached hydrogen (secondary N) is 1. The first-order valence-corrected chi connectivity index (χ1v) is 8.96. The number of nitrogens with zero attached hydrogens (tertiary/aromatic N) is 4. The van der Waals surface area contributed by atoms with Crippen LogP contribution in [0.4, 0.5) is 4.20 Å². The Kier molecular flexibility index (Phi) is 5.35. The van der Waals surface area contributed by atoms with E-state index in [2.05, 4.69) is 31.3 Å². The number of aryl methyl sites for hydroxylation is 1. The lowest BCUT2D eigenvalue weighted by Gasteiger charge is -2.17. The normalized spacial score (nSPS) is 26.5. The number of aromatic nitrogens is 2. The SMILES string of the molecule is Cc1cn([C@H]2C[C@H](N=[N+]=[N-])[C@@H](COP(O)(F)=S)O2)c(=O)[nH]c1=O. The van der Waals surface area contributed by atoms with Crippen molar-refractivity contribution in [1.82, 2.24) is 9.55 Å². The molecule has 1 aromatic heterocycles. The molecule has 4 atom stereocenters. The Hall–Kier alpha value is -1.55. The molecule has 1 unspecified atom stereocenters. The Morgan fingerprint density at radius 3 is 3.04 bits per heavy atom. The number of rotatable bonds is 5. The summed E-state index contributed by atoms with van der Waals surface area (Å²) in [6, 6.07) is -0.745. The Labute approximate surface area is 133 Å². The molecule has 1 saturated heterocycles. The quantitative estimate of drug-likeness (QED) is 0.345. The van der Waals surface area contributed by atoms with Gasteiger partial charge in [-0.1, -0.05) is 5.11 Å². The lowest BCUT2D eigenvalue weighted by Crippen LogP contribution is -2.33. The maximum Gasteiger partial charge on any atom is 0.363 e. The molecule has 1 aliphatic rings. The molecule has 0 aromatic carbocycles. The molecular formula is C10H13FN5O5PS. The molecule has 0 amide bonds. The van der Waals surface area contributed by atoms with Crippen molar-refractivity contribution in [3.8, 4) is 0 Å². The number of halogens is 1. The average molecular weight is 365 g/mol. The van der Waals surface area contributed by atoms with E-state index in [4.69, 9.17) is 15.2 Å². The third-order valence-electron chi connectivity index (χ3n) is 3.26. The maximum atomic E-state index is 12.9. The molecule has 2 N–H and O–H groups in total. The number of H-pyrrole nitrogens is 1. The van der Waals surface area contributed by atoms with Crippen molar-refractivity contribution in [2.45, 2.75) is 31.7 Å². The van der Waals surface area contributed by atoms with E-state index >= 15 is 0 Å². The van der Waals surface area contributed by atoms with Crippen molar-refractivity contribution in [3.05, 3.63) is 43.0 Å². The fraction of sp³-hybridized carbons (Fsp3) is 0.600. The molecule has 10 nitrogen and oxygen atoms in total. The van der Waals surface area contributed by atoms with Gasteiger partial charge in [0.2, 0.25) is 0 Å². The van der Waals surface area contributed by atoms with Crippen LogP contribution in [0.3, 0.4) is 0 Å². The van der Waals surface area contributed by atoms with Crippen molar-refractivity contribution in [2.24, 2.45) is 5.11 Å².